The highest BCUT2D eigenvalue weighted by Gasteiger charge is 2.15. The summed E-state index contributed by atoms with van der Waals surface area (Å²) < 4.78 is 31.6. The smallest absolute Gasteiger partial charge is 0.150 e. The van der Waals surface area contributed by atoms with Crippen LogP contribution in [-0.4, -0.2) is 19.3 Å². The summed E-state index contributed by atoms with van der Waals surface area (Å²) in [4.78, 5) is 0. The molecule has 0 amide bonds. The van der Waals surface area contributed by atoms with Crippen LogP contribution in [0.4, 0.5) is 14.5 Å². The lowest BCUT2D eigenvalue weighted by atomic mass is 10.2. The zero-order valence-electron chi connectivity index (χ0n) is 9.31. The van der Waals surface area contributed by atoms with Gasteiger partial charge >= 0.3 is 0 Å². The van der Waals surface area contributed by atoms with Crippen LogP contribution in [0.1, 0.15) is 19.3 Å². The van der Waals surface area contributed by atoms with E-state index in [0.29, 0.717) is 6.54 Å². The maximum absolute atomic E-state index is 13.4. The van der Waals surface area contributed by atoms with E-state index in [2.05, 4.69) is 5.32 Å². The lowest BCUT2D eigenvalue weighted by Crippen LogP contribution is -2.13. The van der Waals surface area contributed by atoms with Gasteiger partial charge in [0.25, 0.3) is 0 Å². The van der Waals surface area contributed by atoms with Crippen LogP contribution in [-0.2, 0) is 4.74 Å². The van der Waals surface area contributed by atoms with Crippen molar-refractivity contribution in [3.05, 3.63) is 28.8 Å². The number of hydrogen-bond donors (Lipinski definition) is 1. The molecule has 2 nitrogen and oxygen atoms in total. The molecular formula is C12H14ClF2NO. The molecule has 0 aliphatic carbocycles. The first-order valence-corrected chi connectivity index (χ1v) is 6.04. The van der Waals surface area contributed by atoms with Crippen LogP contribution in [0.5, 0.6) is 0 Å². The molecule has 1 aromatic rings. The Morgan fingerprint density at radius 2 is 2.24 bits per heavy atom. The predicted octanol–water partition coefficient (Wildman–Crippen LogP) is 3.60. The topological polar surface area (TPSA) is 21.3 Å². The molecule has 1 unspecified atom stereocenters. The van der Waals surface area contributed by atoms with Crippen LogP contribution in [0, 0.1) is 11.6 Å². The van der Waals surface area contributed by atoms with E-state index in [1.807, 2.05) is 0 Å². The predicted molar refractivity (Wildman–Crippen MR) is 63.4 cm³/mol. The van der Waals surface area contributed by atoms with Crippen LogP contribution in [0.15, 0.2) is 12.1 Å². The zero-order chi connectivity index (χ0) is 12.3. The molecule has 2 rings (SSSR count). The second kappa shape index (κ2) is 5.65. The number of benzene rings is 1. The molecule has 94 valence electrons. The zero-order valence-corrected chi connectivity index (χ0v) is 10.1. The Morgan fingerprint density at radius 1 is 1.41 bits per heavy atom. The minimum atomic E-state index is -0.669. The molecule has 0 radical (unpaired) electrons. The highest BCUT2D eigenvalue weighted by molar-refractivity contribution is 6.33. The molecule has 1 fully saturated rings. The van der Waals surface area contributed by atoms with E-state index in [9.17, 15) is 8.78 Å². The van der Waals surface area contributed by atoms with E-state index in [-0.39, 0.29) is 16.8 Å². The van der Waals surface area contributed by atoms with Gasteiger partial charge in [-0.3, -0.25) is 0 Å². The molecule has 0 aromatic heterocycles. The molecule has 1 aliphatic rings. The monoisotopic (exact) mass is 261 g/mol. The second-order valence-corrected chi connectivity index (χ2v) is 4.50. The standard InChI is InChI=1S/C12H14ClF2NO/c13-10-6-8(14)7-11(15)12(10)16-4-3-9-2-1-5-17-9/h6-7,9,16H,1-5H2. The van der Waals surface area contributed by atoms with Gasteiger partial charge in [-0.2, -0.15) is 0 Å². The Balaban J connectivity index is 1.89. The molecule has 0 saturated carbocycles. The first kappa shape index (κ1) is 12.6. The van der Waals surface area contributed by atoms with Gasteiger partial charge in [0, 0.05) is 19.2 Å². The Hall–Kier alpha value is -0.870. The number of nitrogens with one attached hydrogen (secondary N) is 1. The Kier molecular flexibility index (Phi) is 4.18. The number of hydrogen-bond acceptors (Lipinski definition) is 2. The van der Waals surface area contributed by atoms with Crippen molar-refractivity contribution in [3.8, 4) is 0 Å². The fourth-order valence-electron chi connectivity index (χ4n) is 1.94. The summed E-state index contributed by atoms with van der Waals surface area (Å²) in [6.45, 7) is 1.36. The number of rotatable bonds is 4. The van der Waals surface area contributed by atoms with Crippen LogP contribution < -0.4 is 5.32 Å². The van der Waals surface area contributed by atoms with E-state index < -0.39 is 11.6 Å². The maximum atomic E-state index is 13.4. The highest BCUT2D eigenvalue weighted by atomic mass is 35.5. The average molecular weight is 262 g/mol. The minimum Gasteiger partial charge on any atom is -0.381 e. The van der Waals surface area contributed by atoms with Gasteiger partial charge in [0.1, 0.15) is 5.82 Å². The molecule has 0 bridgehead atoms. The van der Waals surface area contributed by atoms with Gasteiger partial charge in [0.15, 0.2) is 5.82 Å². The lowest BCUT2D eigenvalue weighted by Gasteiger charge is -2.12. The Morgan fingerprint density at radius 3 is 2.88 bits per heavy atom. The first-order valence-electron chi connectivity index (χ1n) is 5.67. The van der Waals surface area contributed by atoms with Gasteiger partial charge in [0.05, 0.1) is 16.8 Å². The molecule has 1 aliphatic heterocycles. The highest BCUT2D eigenvalue weighted by Crippen LogP contribution is 2.26. The summed E-state index contributed by atoms with van der Waals surface area (Å²) in [6.07, 6.45) is 3.16. The maximum Gasteiger partial charge on any atom is 0.150 e. The molecule has 1 heterocycles. The van der Waals surface area contributed by atoms with E-state index in [1.54, 1.807) is 0 Å². The number of ether oxygens (including phenoxy) is 1. The summed E-state index contributed by atoms with van der Waals surface area (Å²) in [5.41, 5.74) is 0.158. The third-order valence-electron chi connectivity index (χ3n) is 2.80. The van der Waals surface area contributed by atoms with Crippen LogP contribution in [0.2, 0.25) is 5.02 Å². The molecule has 17 heavy (non-hydrogen) atoms. The molecule has 1 aromatic carbocycles. The average Bonchev–Trinajstić information content (AvgIpc) is 2.74. The van der Waals surface area contributed by atoms with E-state index in [4.69, 9.17) is 16.3 Å². The fourth-order valence-corrected chi connectivity index (χ4v) is 2.20. The normalized spacial score (nSPS) is 19.6. The molecule has 1 N–H and O–H groups in total. The molecule has 1 saturated heterocycles. The van der Waals surface area contributed by atoms with Crippen molar-refractivity contribution >= 4 is 17.3 Å². The number of halogens is 3. The van der Waals surface area contributed by atoms with Crippen LogP contribution in [0.3, 0.4) is 0 Å². The van der Waals surface area contributed by atoms with E-state index in [0.717, 1.165) is 38.0 Å². The van der Waals surface area contributed by atoms with Crippen LogP contribution >= 0.6 is 11.6 Å². The fraction of sp³-hybridized carbons (Fsp3) is 0.500. The molecule has 5 heteroatoms. The van der Waals surface area contributed by atoms with Crippen molar-refractivity contribution in [2.45, 2.75) is 25.4 Å². The van der Waals surface area contributed by atoms with Gasteiger partial charge in [-0.15, -0.1) is 0 Å². The Labute approximate surface area is 104 Å². The molecule has 0 spiro atoms. The van der Waals surface area contributed by atoms with Gasteiger partial charge in [-0.1, -0.05) is 11.6 Å². The first-order chi connectivity index (χ1) is 8.16. The van der Waals surface area contributed by atoms with Gasteiger partial charge in [0.2, 0.25) is 0 Å². The van der Waals surface area contributed by atoms with Crippen LogP contribution in [0.25, 0.3) is 0 Å². The summed E-state index contributed by atoms with van der Waals surface area (Å²) in [7, 11) is 0. The largest absolute Gasteiger partial charge is 0.381 e. The SMILES string of the molecule is Fc1cc(F)c(NCCC2CCCO2)c(Cl)c1. The van der Waals surface area contributed by atoms with Crippen molar-refractivity contribution < 1.29 is 13.5 Å². The summed E-state index contributed by atoms with van der Waals surface area (Å²) in [6, 6.07) is 1.92. The van der Waals surface area contributed by atoms with Crippen molar-refractivity contribution in [1.82, 2.24) is 0 Å². The van der Waals surface area contributed by atoms with Crippen molar-refractivity contribution in [2.24, 2.45) is 0 Å². The summed E-state index contributed by atoms with van der Waals surface area (Å²) >= 11 is 5.76. The second-order valence-electron chi connectivity index (χ2n) is 4.09. The summed E-state index contributed by atoms with van der Waals surface area (Å²) in [5.74, 6) is -1.33. The summed E-state index contributed by atoms with van der Waals surface area (Å²) in [5, 5.41) is 2.95. The molecule has 1 atom stereocenters. The third-order valence-corrected chi connectivity index (χ3v) is 3.10. The number of anilines is 1. The Bertz CT molecular complexity index is 371. The van der Waals surface area contributed by atoms with Crippen molar-refractivity contribution in [3.63, 3.8) is 0 Å². The molecular weight excluding hydrogens is 248 g/mol. The van der Waals surface area contributed by atoms with E-state index in [1.165, 1.54) is 0 Å². The van der Waals surface area contributed by atoms with Gasteiger partial charge in [-0.05, 0) is 25.3 Å². The van der Waals surface area contributed by atoms with Gasteiger partial charge in [-0.25, -0.2) is 8.78 Å². The quantitative estimate of drug-likeness (QED) is 0.894. The third kappa shape index (κ3) is 3.30. The van der Waals surface area contributed by atoms with E-state index >= 15 is 0 Å². The van der Waals surface area contributed by atoms with Crippen molar-refractivity contribution in [2.75, 3.05) is 18.5 Å². The van der Waals surface area contributed by atoms with Gasteiger partial charge < -0.3 is 10.1 Å². The minimum absolute atomic E-state index is 0.0647. The lowest BCUT2D eigenvalue weighted by molar-refractivity contribution is 0.107. The van der Waals surface area contributed by atoms with Crippen molar-refractivity contribution in [1.29, 1.82) is 0 Å².